The molecule has 0 saturated carbocycles. The Kier molecular flexibility index (Phi) is 4.28. The Morgan fingerprint density at radius 2 is 1.95 bits per heavy atom. The van der Waals surface area contributed by atoms with Gasteiger partial charge in [-0.25, -0.2) is 8.42 Å². The van der Waals surface area contributed by atoms with Crippen molar-refractivity contribution in [1.82, 2.24) is 4.31 Å². The van der Waals surface area contributed by atoms with Gasteiger partial charge in [0.1, 0.15) is 0 Å². The van der Waals surface area contributed by atoms with Crippen LogP contribution in [0.5, 0.6) is 0 Å². The SMILES string of the molecule is CC1CCC(C)N(S(=O)(=O)c2ccccc2CO)C1. The molecule has 0 bridgehead atoms. The summed E-state index contributed by atoms with van der Waals surface area (Å²) in [5.74, 6) is 0.382. The number of nitrogens with zero attached hydrogens (tertiary/aromatic N) is 1. The van der Waals surface area contributed by atoms with Crippen molar-refractivity contribution in [2.24, 2.45) is 5.92 Å². The minimum Gasteiger partial charge on any atom is -0.392 e. The van der Waals surface area contributed by atoms with Crippen molar-refractivity contribution in [3.8, 4) is 0 Å². The van der Waals surface area contributed by atoms with E-state index in [0.717, 1.165) is 12.8 Å². The minimum atomic E-state index is -3.51. The molecule has 106 valence electrons. The van der Waals surface area contributed by atoms with E-state index in [9.17, 15) is 13.5 Å². The summed E-state index contributed by atoms with van der Waals surface area (Å²) in [4.78, 5) is 0.235. The average molecular weight is 283 g/mol. The van der Waals surface area contributed by atoms with E-state index in [-0.39, 0.29) is 17.5 Å². The van der Waals surface area contributed by atoms with Crippen LogP contribution in [0.15, 0.2) is 29.2 Å². The van der Waals surface area contributed by atoms with Crippen molar-refractivity contribution in [1.29, 1.82) is 0 Å². The van der Waals surface area contributed by atoms with Crippen molar-refractivity contribution >= 4 is 10.0 Å². The predicted octanol–water partition coefficient (Wildman–Crippen LogP) is 1.99. The molecule has 1 saturated heterocycles. The van der Waals surface area contributed by atoms with Gasteiger partial charge in [-0.2, -0.15) is 4.31 Å². The molecular formula is C14H21NO3S. The molecule has 2 unspecified atom stereocenters. The number of aliphatic hydroxyl groups excluding tert-OH is 1. The van der Waals surface area contributed by atoms with Crippen LogP contribution >= 0.6 is 0 Å². The smallest absolute Gasteiger partial charge is 0.243 e. The molecule has 1 aromatic carbocycles. The number of rotatable bonds is 3. The van der Waals surface area contributed by atoms with E-state index in [1.807, 2.05) is 6.92 Å². The largest absolute Gasteiger partial charge is 0.392 e. The molecule has 1 fully saturated rings. The van der Waals surface area contributed by atoms with Crippen molar-refractivity contribution in [3.05, 3.63) is 29.8 Å². The van der Waals surface area contributed by atoms with E-state index in [0.29, 0.717) is 18.0 Å². The maximum Gasteiger partial charge on any atom is 0.243 e. The molecule has 1 heterocycles. The van der Waals surface area contributed by atoms with Crippen LogP contribution < -0.4 is 0 Å². The zero-order chi connectivity index (χ0) is 14.0. The van der Waals surface area contributed by atoms with E-state index in [2.05, 4.69) is 6.92 Å². The molecule has 2 rings (SSSR count). The molecule has 1 N–H and O–H groups in total. The monoisotopic (exact) mass is 283 g/mol. The van der Waals surface area contributed by atoms with Gasteiger partial charge in [0, 0.05) is 12.6 Å². The average Bonchev–Trinajstić information content (AvgIpc) is 2.41. The molecule has 0 aliphatic carbocycles. The van der Waals surface area contributed by atoms with Gasteiger partial charge >= 0.3 is 0 Å². The lowest BCUT2D eigenvalue weighted by atomic mass is 9.97. The van der Waals surface area contributed by atoms with Gasteiger partial charge < -0.3 is 5.11 Å². The van der Waals surface area contributed by atoms with Crippen LogP contribution in [0.2, 0.25) is 0 Å². The lowest BCUT2D eigenvalue weighted by molar-refractivity contribution is 0.217. The second kappa shape index (κ2) is 5.61. The minimum absolute atomic E-state index is 0.0212. The van der Waals surface area contributed by atoms with E-state index in [4.69, 9.17) is 0 Å². The van der Waals surface area contributed by atoms with E-state index in [1.54, 1.807) is 28.6 Å². The summed E-state index contributed by atoms with van der Waals surface area (Å²) in [6.45, 7) is 4.33. The highest BCUT2D eigenvalue weighted by Crippen LogP contribution is 2.29. The Morgan fingerprint density at radius 1 is 1.26 bits per heavy atom. The van der Waals surface area contributed by atoms with Crippen LogP contribution in [0, 0.1) is 5.92 Å². The van der Waals surface area contributed by atoms with Crippen molar-refractivity contribution in [2.45, 2.75) is 44.2 Å². The van der Waals surface area contributed by atoms with E-state index < -0.39 is 10.0 Å². The lowest BCUT2D eigenvalue weighted by Crippen LogP contribution is -2.45. The molecule has 0 radical (unpaired) electrons. The third-order valence-corrected chi connectivity index (χ3v) is 5.87. The second-order valence-electron chi connectivity index (χ2n) is 5.37. The Morgan fingerprint density at radius 3 is 2.63 bits per heavy atom. The summed E-state index contributed by atoms with van der Waals surface area (Å²) in [6, 6.07) is 6.70. The summed E-state index contributed by atoms with van der Waals surface area (Å²) in [7, 11) is -3.51. The van der Waals surface area contributed by atoms with Gasteiger partial charge in [0.05, 0.1) is 11.5 Å². The summed E-state index contributed by atoms with van der Waals surface area (Å²) < 4.78 is 27.1. The molecule has 2 atom stereocenters. The molecule has 19 heavy (non-hydrogen) atoms. The number of benzene rings is 1. The zero-order valence-electron chi connectivity index (χ0n) is 11.4. The second-order valence-corrected chi connectivity index (χ2v) is 7.23. The first-order valence-electron chi connectivity index (χ1n) is 6.67. The van der Waals surface area contributed by atoms with Crippen molar-refractivity contribution < 1.29 is 13.5 Å². The third kappa shape index (κ3) is 2.83. The predicted molar refractivity (Wildman–Crippen MR) is 74.1 cm³/mol. The summed E-state index contributed by atoms with van der Waals surface area (Å²) in [6.07, 6.45) is 1.95. The number of piperidine rings is 1. The van der Waals surface area contributed by atoms with Crippen LogP contribution in [0.25, 0.3) is 0 Å². The molecular weight excluding hydrogens is 262 g/mol. The third-order valence-electron chi connectivity index (χ3n) is 3.79. The fraction of sp³-hybridized carbons (Fsp3) is 0.571. The molecule has 0 amide bonds. The first-order chi connectivity index (χ1) is 8.96. The van der Waals surface area contributed by atoms with Crippen molar-refractivity contribution in [3.63, 3.8) is 0 Å². The number of hydrogen-bond acceptors (Lipinski definition) is 3. The normalized spacial score (nSPS) is 25.4. The van der Waals surface area contributed by atoms with Crippen LogP contribution in [0.1, 0.15) is 32.3 Å². The van der Waals surface area contributed by atoms with Crippen LogP contribution in [0.4, 0.5) is 0 Å². The number of aliphatic hydroxyl groups is 1. The summed E-state index contributed by atoms with van der Waals surface area (Å²) >= 11 is 0. The Labute approximate surface area is 115 Å². The molecule has 5 heteroatoms. The van der Waals surface area contributed by atoms with Crippen LogP contribution in [0.3, 0.4) is 0 Å². The maximum absolute atomic E-state index is 12.7. The Hall–Kier alpha value is -0.910. The molecule has 1 aromatic rings. The fourth-order valence-electron chi connectivity index (χ4n) is 2.60. The molecule has 1 aliphatic heterocycles. The molecule has 4 nitrogen and oxygen atoms in total. The topological polar surface area (TPSA) is 57.6 Å². The first kappa shape index (κ1) is 14.5. The zero-order valence-corrected chi connectivity index (χ0v) is 12.2. The molecule has 0 aromatic heterocycles. The Balaban J connectivity index is 2.41. The Bertz CT molecular complexity index is 541. The van der Waals surface area contributed by atoms with Gasteiger partial charge in [0.2, 0.25) is 10.0 Å². The molecule has 0 spiro atoms. The summed E-state index contributed by atoms with van der Waals surface area (Å²) in [5.41, 5.74) is 0.466. The van der Waals surface area contributed by atoms with Crippen LogP contribution in [-0.4, -0.2) is 30.4 Å². The molecule has 1 aliphatic rings. The standard InChI is InChI=1S/C14H21NO3S/c1-11-7-8-12(2)15(9-11)19(17,18)14-6-4-3-5-13(14)10-16/h3-6,11-12,16H,7-10H2,1-2H3. The number of sulfonamides is 1. The maximum atomic E-state index is 12.7. The van der Waals surface area contributed by atoms with E-state index >= 15 is 0 Å². The fourth-order valence-corrected chi connectivity index (χ4v) is 4.59. The summed E-state index contributed by atoms with van der Waals surface area (Å²) in [5, 5.41) is 9.32. The van der Waals surface area contributed by atoms with Crippen LogP contribution in [-0.2, 0) is 16.6 Å². The van der Waals surface area contributed by atoms with Gasteiger partial charge in [-0.05, 0) is 37.3 Å². The van der Waals surface area contributed by atoms with Crippen molar-refractivity contribution in [2.75, 3.05) is 6.54 Å². The quantitative estimate of drug-likeness (QED) is 0.923. The van der Waals surface area contributed by atoms with Gasteiger partial charge in [-0.3, -0.25) is 0 Å². The first-order valence-corrected chi connectivity index (χ1v) is 8.11. The highest BCUT2D eigenvalue weighted by atomic mass is 32.2. The van der Waals surface area contributed by atoms with Gasteiger partial charge in [-0.1, -0.05) is 25.1 Å². The van der Waals surface area contributed by atoms with E-state index in [1.165, 1.54) is 0 Å². The van der Waals surface area contributed by atoms with Gasteiger partial charge in [0.15, 0.2) is 0 Å². The number of hydrogen-bond donors (Lipinski definition) is 1. The lowest BCUT2D eigenvalue weighted by Gasteiger charge is -2.36. The van der Waals surface area contributed by atoms with Gasteiger partial charge in [0.25, 0.3) is 0 Å². The highest BCUT2D eigenvalue weighted by molar-refractivity contribution is 7.89. The van der Waals surface area contributed by atoms with Gasteiger partial charge in [-0.15, -0.1) is 0 Å². The highest BCUT2D eigenvalue weighted by Gasteiger charge is 2.34.